The number of carbonyl (C=O) groups is 1. The van der Waals surface area contributed by atoms with Crippen LogP contribution in [0.25, 0.3) is 0 Å². The molecule has 0 atom stereocenters. The topological polar surface area (TPSA) is 28.5 Å². The van der Waals surface area contributed by atoms with Crippen molar-refractivity contribution in [1.82, 2.24) is 14.4 Å². The van der Waals surface area contributed by atoms with Gasteiger partial charge in [0.15, 0.2) is 0 Å². The van der Waals surface area contributed by atoms with Gasteiger partial charge < -0.3 is 9.47 Å². The molecule has 0 spiro atoms. The van der Waals surface area contributed by atoms with E-state index in [1.807, 2.05) is 28.7 Å². The third kappa shape index (κ3) is 3.44. The van der Waals surface area contributed by atoms with Crippen molar-refractivity contribution in [3.05, 3.63) is 22.4 Å². The van der Waals surface area contributed by atoms with E-state index in [0.717, 1.165) is 55.9 Å². The Kier molecular flexibility index (Phi) is 5.27. The summed E-state index contributed by atoms with van der Waals surface area (Å²) in [7, 11) is 0. The minimum atomic E-state index is 0.120. The van der Waals surface area contributed by atoms with E-state index in [9.17, 15) is 4.79 Å². The Morgan fingerprint density at radius 2 is 2.10 bits per heavy atom. The van der Waals surface area contributed by atoms with Gasteiger partial charge >= 0.3 is 0 Å². The van der Waals surface area contributed by atoms with Crippen molar-refractivity contribution in [2.75, 3.05) is 32.7 Å². The molecule has 1 amide bonds. The van der Waals surface area contributed by atoms with Gasteiger partial charge in [0.2, 0.25) is 0 Å². The smallest absolute Gasteiger partial charge is 0.270 e. The molecule has 1 aliphatic rings. The number of hydrogen-bond donors (Lipinski definition) is 0. The molecule has 20 heavy (non-hydrogen) atoms. The van der Waals surface area contributed by atoms with Crippen LogP contribution in [0.5, 0.6) is 0 Å². The van der Waals surface area contributed by atoms with Crippen LogP contribution in [0.15, 0.2) is 16.7 Å². The van der Waals surface area contributed by atoms with Gasteiger partial charge in [-0.25, -0.2) is 0 Å². The highest BCUT2D eigenvalue weighted by molar-refractivity contribution is 9.10. The molecule has 1 fully saturated rings. The maximum absolute atomic E-state index is 12.5. The van der Waals surface area contributed by atoms with Gasteiger partial charge in [-0.2, -0.15) is 0 Å². The van der Waals surface area contributed by atoms with Crippen LogP contribution in [0.3, 0.4) is 0 Å². The summed E-state index contributed by atoms with van der Waals surface area (Å²) in [6.45, 7) is 7.12. The summed E-state index contributed by atoms with van der Waals surface area (Å²) in [5, 5.41) is 0. The van der Waals surface area contributed by atoms with Gasteiger partial charge in [0.05, 0.1) is 0 Å². The number of hydrogen-bond acceptors (Lipinski definition) is 2. The lowest BCUT2D eigenvalue weighted by Crippen LogP contribution is -2.49. The standard InChI is InChI=1S/C15H20BrN3O/c1-3-5-6-17-7-9-19(10-8-17)15(20)14-11-13(16)12-18(14)4-2/h1,11-12H,4-10H2,2H3. The van der Waals surface area contributed by atoms with E-state index in [1.165, 1.54) is 0 Å². The Labute approximate surface area is 128 Å². The van der Waals surface area contributed by atoms with Crippen LogP contribution in [-0.2, 0) is 6.54 Å². The van der Waals surface area contributed by atoms with Crippen LogP contribution >= 0.6 is 15.9 Å². The fourth-order valence-corrected chi connectivity index (χ4v) is 2.94. The van der Waals surface area contributed by atoms with E-state index >= 15 is 0 Å². The number of halogens is 1. The lowest BCUT2D eigenvalue weighted by Gasteiger charge is -2.34. The average molecular weight is 338 g/mol. The van der Waals surface area contributed by atoms with Crippen molar-refractivity contribution in [1.29, 1.82) is 0 Å². The Balaban J connectivity index is 1.96. The quantitative estimate of drug-likeness (QED) is 0.786. The van der Waals surface area contributed by atoms with Gasteiger partial charge in [-0.3, -0.25) is 9.69 Å². The third-order valence-electron chi connectivity index (χ3n) is 3.65. The highest BCUT2D eigenvalue weighted by Gasteiger charge is 2.23. The van der Waals surface area contributed by atoms with Gasteiger partial charge in [-0.1, -0.05) is 0 Å². The number of aromatic nitrogens is 1. The second-order valence-corrected chi connectivity index (χ2v) is 5.83. The number of nitrogens with zero attached hydrogens (tertiary/aromatic N) is 3. The molecule has 0 unspecified atom stereocenters. The molecular weight excluding hydrogens is 318 g/mol. The normalized spacial score (nSPS) is 16.1. The van der Waals surface area contributed by atoms with E-state index in [2.05, 4.69) is 26.8 Å². The summed E-state index contributed by atoms with van der Waals surface area (Å²) >= 11 is 3.44. The number of amides is 1. The molecule has 2 rings (SSSR count). The molecule has 108 valence electrons. The maximum Gasteiger partial charge on any atom is 0.270 e. The summed E-state index contributed by atoms with van der Waals surface area (Å²) in [5.74, 6) is 2.78. The predicted molar refractivity (Wildman–Crippen MR) is 83.6 cm³/mol. The highest BCUT2D eigenvalue weighted by atomic mass is 79.9. The van der Waals surface area contributed by atoms with E-state index in [0.29, 0.717) is 0 Å². The number of piperazine rings is 1. The first-order valence-corrected chi connectivity index (χ1v) is 7.75. The van der Waals surface area contributed by atoms with Crippen LogP contribution < -0.4 is 0 Å². The molecule has 1 aliphatic heterocycles. The zero-order valence-electron chi connectivity index (χ0n) is 11.8. The second kappa shape index (κ2) is 6.96. The van der Waals surface area contributed by atoms with Crippen LogP contribution in [-0.4, -0.2) is 53.0 Å². The summed E-state index contributed by atoms with van der Waals surface area (Å²) in [6, 6.07) is 1.90. The monoisotopic (exact) mass is 337 g/mol. The number of aryl methyl sites for hydroxylation is 1. The Morgan fingerprint density at radius 3 is 2.70 bits per heavy atom. The molecule has 0 saturated carbocycles. The van der Waals surface area contributed by atoms with Gasteiger partial charge in [0, 0.05) is 56.4 Å². The number of rotatable bonds is 4. The minimum Gasteiger partial charge on any atom is -0.343 e. The van der Waals surface area contributed by atoms with Crippen LogP contribution in [0.4, 0.5) is 0 Å². The van der Waals surface area contributed by atoms with Crippen molar-refractivity contribution in [3.63, 3.8) is 0 Å². The summed E-state index contributed by atoms with van der Waals surface area (Å²) < 4.78 is 2.94. The van der Waals surface area contributed by atoms with Gasteiger partial charge in [-0.05, 0) is 28.9 Å². The lowest BCUT2D eigenvalue weighted by atomic mass is 10.2. The van der Waals surface area contributed by atoms with Crippen molar-refractivity contribution in [2.24, 2.45) is 0 Å². The summed E-state index contributed by atoms with van der Waals surface area (Å²) in [5.41, 5.74) is 0.761. The maximum atomic E-state index is 12.5. The third-order valence-corrected chi connectivity index (χ3v) is 4.09. The van der Waals surface area contributed by atoms with Crippen molar-refractivity contribution >= 4 is 21.8 Å². The van der Waals surface area contributed by atoms with Crippen LogP contribution in [0, 0.1) is 12.3 Å². The first-order chi connectivity index (χ1) is 9.65. The van der Waals surface area contributed by atoms with Gasteiger partial charge in [0.1, 0.15) is 5.69 Å². The van der Waals surface area contributed by atoms with Gasteiger partial charge in [0.25, 0.3) is 5.91 Å². The SMILES string of the molecule is C#CCCN1CCN(C(=O)c2cc(Br)cn2CC)CC1. The van der Waals surface area contributed by atoms with Crippen LogP contribution in [0.2, 0.25) is 0 Å². The van der Waals surface area contributed by atoms with E-state index in [1.54, 1.807) is 0 Å². The molecule has 0 N–H and O–H groups in total. The van der Waals surface area contributed by atoms with Crippen molar-refractivity contribution in [2.45, 2.75) is 19.9 Å². The molecule has 1 aromatic heterocycles. The molecule has 5 heteroatoms. The second-order valence-electron chi connectivity index (χ2n) is 4.92. The van der Waals surface area contributed by atoms with Gasteiger partial charge in [-0.15, -0.1) is 12.3 Å². The average Bonchev–Trinajstić information content (AvgIpc) is 2.86. The van der Waals surface area contributed by atoms with Crippen molar-refractivity contribution in [3.8, 4) is 12.3 Å². The molecule has 0 aliphatic carbocycles. The molecule has 1 aromatic rings. The number of carbonyl (C=O) groups excluding carboxylic acids is 1. The molecule has 0 radical (unpaired) electrons. The first-order valence-electron chi connectivity index (χ1n) is 6.96. The summed E-state index contributed by atoms with van der Waals surface area (Å²) in [6.07, 6.45) is 8.02. The molecule has 1 saturated heterocycles. The summed E-state index contributed by atoms with van der Waals surface area (Å²) in [4.78, 5) is 16.8. The Bertz CT molecular complexity index is 510. The van der Waals surface area contributed by atoms with E-state index < -0.39 is 0 Å². The molecule has 0 aromatic carbocycles. The van der Waals surface area contributed by atoms with Crippen LogP contribution in [0.1, 0.15) is 23.8 Å². The fraction of sp³-hybridized carbons (Fsp3) is 0.533. The van der Waals surface area contributed by atoms with E-state index in [4.69, 9.17) is 6.42 Å². The highest BCUT2D eigenvalue weighted by Crippen LogP contribution is 2.17. The number of terminal acetylenes is 1. The lowest BCUT2D eigenvalue weighted by molar-refractivity contribution is 0.0629. The minimum absolute atomic E-state index is 0.120. The van der Waals surface area contributed by atoms with Crippen molar-refractivity contribution < 1.29 is 4.79 Å². The first kappa shape index (κ1) is 15.1. The zero-order chi connectivity index (χ0) is 14.5. The Morgan fingerprint density at radius 1 is 1.40 bits per heavy atom. The van der Waals surface area contributed by atoms with E-state index in [-0.39, 0.29) is 5.91 Å². The molecule has 4 nitrogen and oxygen atoms in total. The fourth-order valence-electron chi connectivity index (χ4n) is 2.47. The Hall–Kier alpha value is -1.25. The molecule has 2 heterocycles. The predicted octanol–water partition coefficient (Wildman–Crippen LogP) is 2.05. The molecular formula is C15H20BrN3O. The zero-order valence-corrected chi connectivity index (χ0v) is 13.4. The largest absolute Gasteiger partial charge is 0.343 e. The molecule has 0 bridgehead atoms.